The van der Waals surface area contributed by atoms with Crippen LogP contribution < -0.4 is 4.90 Å². The SMILES string of the molecule is Cn1nnc(-c2ccc(-c3ccc(N4C[C@H](COP(=O)(O)OP(=O)(O)OP(=O)(O)O)OC4=O)cc3F)cn2)n1. The number of tetrazole rings is 1. The number of pyridine rings is 1. The van der Waals surface area contributed by atoms with Gasteiger partial charge in [0.15, 0.2) is 0 Å². The first-order valence-electron chi connectivity index (χ1n) is 10.4. The van der Waals surface area contributed by atoms with Crippen LogP contribution in [0.2, 0.25) is 0 Å². The van der Waals surface area contributed by atoms with Crippen molar-refractivity contribution in [3.63, 3.8) is 0 Å². The number of anilines is 1. The number of phosphoric acid groups is 3. The fourth-order valence-corrected chi connectivity index (χ4v) is 6.33. The third-order valence-electron chi connectivity index (χ3n) is 4.79. The molecule has 210 valence electrons. The number of halogens is 1. The maximum atomic E-state index is 14.9. The first-order chi connectivity index (χ1) is 18.1. The number of phosphoric ester groups is 1. The fourth-order valence-electron chi connectivity index (χ4n) is 3.28. The van der Waals surface area contributed by atoms with E-state index in [1.54, 1.807) is 19.2 Å². The van der Waals surface area contributed by atoms with Crippen molar-refractivity contribution in [2.45, 2.75) is 6.10 Å². The van der Waals surface area contributed by atoms with Gasteiger partial charge in [-0.3, -0.25) is 14.4 Å². The van der Waals surface area contributed by atoms with Crippen molar-refractivity contribution in [3.8, 4) is 22.6 Å². The first-order valence-corrected chi connectivity index (χ1v) is 14.9. The quantitative estimate of drug-likeness (QED) is 0.239. The lowest BCUT2D eigenvalue weighted by atomic mass is 10.1. The molecule has 2 aromatic heterocycles. The number of amides is 1. The van der Waals surface area contributed by atoms with Gasteiger partial charge in [0.05, 0.1) is 25.9 Å². The minimum absolute atomic E-state index is 0.0791. The Kier molecular flexibility index (Phi) is 8.12. The molecule has 0 saturated carbocycles. The summed E-state index contributed by atoms with van der Waals surface area (Å²) in [6.45, 7) is -1.13. The van der Waals surface area contributed by atoms with E-state index < -0.39 is 48.1 Å². The number of aryl methyl sites for hydroxylation is 1. The van der Waals surface area contributed by atoms with Crippen LogP contribution in [-0.2, 0) is 38.6 Å². The highest BCUT2D eigenvalue weighted by molar-refractivity contribution is 7.66. The van der Waals surface area contributed by atoms with Crippen LogP contribution in [0, 0.1) is 5.82 Å². The summed E-state index contributed by atoms with van der Waals surface area (Å²) in [6, 6.07) is 7.05. The molecule has 2 unspecified atom stereocenters. The Morgan fingerprint density at radius 3 is 2.44 bits per heavy atom. The van der Waals surface area contributed by atoms with Gasteiger partial charge in [0.25, 0.3) is 0 Å². The third kappa shape index (κ3) is 7.58. The summed E-state index contributed by atoms with van der Waals surface area (Å²) in [5.74, 6) is -0.418. The zero-order valence-electron chi connectivity index (χ0n) is 19.4. The van der Waals surface area contributed by atoms with E-state index >= 15 is 0 Å². The topological polar surface area (TPSA) is 246 Å². The van der Waals surface area contributed by atoms with Crippen LogP contribution >= 0.6 is 23.5 Å². The fraction of sp³-hybridized carbons (Fsp3) is 0.235. The van der Waals surface area contributed by atoms with Gasteiger partial charge in [0.1, 0.15) is 17.6 Å². The summed E-state index contributed by atoms with van der Waals surface area (Å²) in [6.07, 6.45) is -0.756. The standard InChI is InChI=1S/C17H18FN6O12P3/c1-23-21-16(20-22-23)15-5-2-10(7-19-15)13-4-3-11(6-14(13)18)24-8-12(34-17(24)25)9-33-38(29,30)36-39(31,32)35-37(26,27)28/h2-7,12H,8-9H2,1H3,(H,29,30)(H,31,32)(H2,26,27,28)/t12-/m1/s1. The highest BCUT2D eigenvalue weighted by Crippen LogP contribution is 2.66. The molecule has 4 N–H and O–H groups in total. The zero-order chi connectivity index (χ0) is 28.6. The molecular formula is C17H18FN6O12P3. The Labute approximate surface area is 217 Å². The average molecular weight is 610 g/mol. The number of rotatable bonds is 10. The lowest BCUT2D eigenvalue weighted by Crippen LogP contribution is -2.25. The molecule has 4 rings (SSSR count). The Hall–Kier alpha value is -2.95. The number of cyclic esters (lactones) is 1. The monoisotopic (exact) mass is 610 g/mol. The molecule has 3 heterocycles. The Balaban J connectivity index is 1.39. The number of hydrogen-bond donors (Lipinski definition) is 4. The van der Waals surface area contributed by atoms with Crippen molar-refractivity contribution in [1.82, 2.24) is 25.2 Å². The minimum atomic E-state index is -5.70. The van der Waals surface area contributed by atoms with Gasteiger partial charge < -0.3 is 24.3 Å². The second-order valence-electron chi connectivity index (χ2n) is 7.70. The van der Waals surface area contributed by atoms with Crippen molar-refractivity contribution < 1.29 is 60.3 Å². The maximum absolute atomic E-state index is 14.9. The molecule has 1 aliphatic heterocycles. The molecule has 0 radical (unpaired) electrons. The van der Waals surface area contributed by atoms with Gasteiger partial charge in [-0.2, -0.15) is 13.4 Å². The van der Waals surface area contributed by atoms with Gasteiger partial charge in [0, 0.05) is 17.3 Å². The average Bonchev–Trinajstić information content (AvgIpc) is 3.41. The van der Waals surface area contributed by atoms with E-state index in [0.717, 1.165) is 11.0 Å². The van der Waals surface area contributed by atoms with Crippen LogP contribution in [0.1, 0.15) is 0 Å². The van der Waals surface area contributed by atoms with Crippen LogP contribution in [0.25, 0.3) is 22.6 Å². The Morgan fingerprint density at radius 1 is 1.10 bits per heavy atom. The van der Waals surface area contributed by atoms with Gasteiger partial charge in [-0.05, 0) is 29.5 Å². The van der Waals surface area contributed by atoms with E-state index in [-0.39, 0.29) is 23.6 Å². The van der Waals surface area contributed by atoms with Crippen LogP contribution in [0.5, 0.6) is 0 Å². The molecule has 0 spiro atoms. The molecule has 1 saturated heterocycles. The molecule has 3 aromatic rings. The summed E-state index contributed by atoms with van der Waals surface area (Å²) in [4.78, 5) is 54.5. The number of hydrogen-bond acceptors (Lipinski definition) is 12. The Morgan fingerprint density at radius 2 is 1.85 bits per heavy atom. The lowest BCUT2D eigenvalue weighted by molar-refractivity contribution is 0.0863. The van der Waals surface area contributed by atoms with Crippen molar-refractivity contribution in [2.24, 2.45) is 7.05 Å². The van der Waals surface area contributed by atoms with Crippen molar-refractivity contribution in [1.29, 1.82) is 0 Å². The van der Waals surface area contributed by atoms with Crippen LogP contribution in [-0.4, -0.2) is 70.1 Å². The van der Waals surface area contributed by atoms with E-state index in [1.165, 1.54) is 23.1 Å². The molecule has 0 bridgehead atoms. The summed E-state index contributed by atoms with van der Waals surface area (Å²) in [7, 11) is -15.1. The van der Waals surface area contributed by atoms with E-state index in [1.807, 2.05) is 0 Å². The molecule has 1 aromatic carbocycles. The number of ether oxygens (including phenoxy) is 1. The zero-order valence-corrected chi connectivity index (χ0v) is 22.1. The molecular weight excluding hydrogens is 592 g/mol. The third-order valence-corrected chi connectivity index (χ3v) is 8.59. The van der Waals surface area contributed by atoms with E-state index in [2.05, 4.69) is 33.5 Å². The van der Waals surface area contributed by atoms with E-state index in [4.69, 9.17) is 14.5 Å². The van der Waals surface area contributed by atoms with Gasteiger partial charge in [0.2, 0.25) is 5.82 Å². The lowest BCUT2D eigenvalue weighted by Gasteiger charge is -2.17. The number of carbonyl (C=O) groups is 1. The number of carbonyl (C=O) groups excluding carboxylic acids is 1. The molecule has 1 fully saturated rings. The molecule has 39 heavy (non-hydrogen) atoms. The predicted molar refractivity (Wildman–Crippen MR) is 125 cm³/mol. The molecule has 1 aliphatic rings. The predicted octanol–water partition coefficient (Wildman–Crippen LogP) is 1.75. The molecule has 18 nitrogen and oxygen atoms in total. The van der Waals surface area contributed by atoms with Gasteiger partial charge in [-0.15, -0.1) is 10.2 Å². The maximum Gasteiger partial charge on any atom is 0.490 e. The van der Waals surface area contributed by atoms with Crippen LogP contribution in [0.15, 0.2) is 36.5 Å². The first kappa shape index (κ1) is 29.0. The molecule has 0 aliphatic carbocycles. The van der Waals surface area contributed by atoms with E-state index in [0.29, 0.717) is 11.3 Å². The van der Waals surface area contributed by atoms with Crippen molar-refractivity contribution in [2.75, 3.05) is 18.1 Å². The highest BCUT2D eigenvalue weighted by Gasteiger charge is 2.42. The van der Waals surface area contributed by atoms with Crippen LogP contribution in [0.3, 0.4) is 0 Å². The largest absolute Gasteiger partial charge is 0.490 e. The number of nitrogens with zero attached hydrogens (tertiary/aromatic N) is 6. The van der Waals surface area contributed by atoms with Gasteiger partial charge >= 0.3 is 29.6 Å². The van der Waals surface area contributed by atoms with Crippen LogP contribution in [0.4, 0.5) is 14.9 Å². The molecule has 22 heteroatoms. The highest BCUT2D eigenvalue weighted by atomic mass is 31.3. The second kappa shape index (κ2) is 10.9. The summed E-state index contributed by atoms with van der Waals surface area (Å²) in [5.41, 5.74) is 1.09. The van der Waals surface area contributed by atoms with Gasteiger partial charge in [-0.1, -0.05) is 6.07 Å². The smallest absolute Gasteiger partial charge is 0.441 e. The summed E-state index contributed by atoms with van der Waals surface area (Å²) >= 11 is 0. The van der Waals surface area contributed by atoms with Gasteiger partial charge in [-0.25, -0.2) is 22.9 Å². The normalized spacial score (nSPS) is 19.0. The number of benzene rings is 1. The van der Waals surface area contributed by atoms with E-state index in [9.17, 15) is 32.7 Å². The second-order valence-corrected chi connectivity index (χ2v) is 12.1. The molecule has 1 amide bonds. The van der Waals surface area contributed by atoms with Crippen molar-refractivity contribution >= 4 is 35.2 Å². The van der Waals surface area contributed by atoms with Crippen molar-refractivity contribution in [3.05, 3.63) is 42.3 Å². The number of aromatic nitrogens is 5. The minimum Gasteiger partial charge on any atom is -0.441 e. The summed E-state index contributed by atoms with van der Waals surface area (Å²) < 4.78 is 65.5. The molecule has 3 atom stereocenters. The summed E-state index contributed by atoms with van der Waals surface area (Å²) in [5, 5.41) is 11.6. The Bertz CT molecular complexity index is 1530.